The largest absolute Gasteiger partial charge is 0.449 e. The zero-order chi connectivity index (χ0) is 14.1. The number of carbonyl (C=O) groups excluding carboxylic acids is 1. The van der Waals surface area contributed by atoms with Crippen molar-refractivity contribution in [3.8, 4) is 0 Å². The van der Waals surface area contributed by atoms with E-state index in [4.69, 9.17) is 4.74 Å². The first kappa shape index (κ1) is 14.7. The number of nitrogens with zero attached hydrogens (tertiary/aromatic N) is 1. The molecule has 0 heterocycles. The molecule has 1 N–H and O–H groups in total. The van der Waals surface area contributed by atoms with Gasteiger partial charge in [-0.1, -0.05) is 19.1 Å². The molecule has 0 aliphatic carbocycles. The molecule has 19 heavy (non-hydrogen) atoms. The molecular weight excluding hydrogens is 248 g/mol. The van der Waals surface area contributed by atoms with Crippen molar-refractivity contribution in [3.63, 3.8) is 0 Å². The lowest BCUT2D eigenvalue weighted by Crippen LogP contribution is -2.14. The predicted octanol–water partition coefficient (Wildman–Crippen LogP) is 3.50. The third kappa shape index (κ3) is 5.67. The predicted molar refractivity (Wildman–Crippen MR) is 72.1 cm³/mol. The number of allylic oxidation sites excluding steroid dienone is 1. The van der Waals surface area contributed by atoms with Gasteiger partial charge in [-0.05, 0) is 25.0 Å². The molecule has 0 spiro atoms. The van der Waals surface area contributed by atoms with Crippen molar-refractivity contribution in [1.82, 2.24) is 0 Å². The summed E-state index contributed by atoms with van der Waals surface area (Å²) in [4.78, 5) is 21.3. The number of benzene rings is 1. The van der Waals surface area contributed by atoms with Crippen LogP contribution in [0.15, 0.2) is 36.4 Å². The van der Waals surface area contributed by atoms with Crippen LogP contribution in [0.1, 0.15) is 19.8 Å². The fourth-order valence-electron chi connectivity index (χ4n) is 1.32. The zero-order valence-electron chi connectivity index (χ0n) is 10.7. The van der Waals surface area contributed by atoms with E-state index in [1.807, 2.05) is 19.1 Å². The molecular formula is C13H16N2O4. The van der Waals surface area contributed by atoms with Crippen molar-refractivity contribution in [1.29, 1.82) is 0 Å². The van der Waals surface area contributed by atoms with Crippen LogP contribution in [0, 0.1) is 10.1 Å². The Morgan fingerprint density at radius 1 is 1.37 bits per heavy atom. The first-order valence-electron chi connectivity index (χ1n) is 5.96. The summed E-state index contributed by atoms with van der Waals surface area (Å²) in [6.45, 7) is 2.33. The number of nitrogens with one attached hydrogen (secondary N) is 1. The molecule has 102 valence electrons. The fraction of sp³-hybridized carbons (Fsp3) is 0.308. The minimum absolute atomic E-state index is 0.0244. The Morgan fingerprint density at radius 3 is 2.63 bits per heavy atom. The van der Waals surface area contributed by atoms with E-state index in [9.17, 15) is 14.9 Å². The Balaban J connectivity index is 2.35. The Morgan fingerprint density at radius 2 is 2.05 bits per heavy atom. The quantitative estimate of drug-likeness (QED) is 0.369. The van der Waals surface area contributed by atoms with Crippen LogP contribution in [0.3, 0.4) is 0 Å². The number of hydrogen-bond acceptors (Lipinski definition) is 4. The second-order valence-electron chi connectivity index (χ2n) is 3.73. The molecule has 0 aliphatic heterocycles. The third-order valence-electron chi connectivity index (χ3n) is 2.24. The van der Waals surface area contributed by atoms with E-state index in [1.165, 1.54) is 24.3 Å². The van der Waals surface area contributed by atoms with Gasteiger partial charge in [-0.3, -0.25) is 15.4 Å². The summed E-state index contributed by atoms with van der Waals surface area (Å²) in [5.41, 5.74) is 0.434. The van der Waals surface area contributed by atoms with E-state index in [2.05, 4.69) is 5.32 Å². The number of anilines is 1. The van der Waals surface area contributed by atoms with Gasteiger partial charge in [-0.15, -0.1) is 0 Å². The van der Waals surface area contributed by atoms with Crippen LogP contribution in [-0.2, 0) is 4.74 Å². The van der Waals surface area contributed by atoms with Crippen molar-refractivity contribution in [2.24, 2.45) is 0 Å². The maximum absolute atomic E-state index is 11.4. The van der Waals surface area contributed by atoms with Gasteiger partial charge in [0.1, 0.15) is 0 Å². The SMILES string of the molecule is CC/C=C/CCOC(=O)Nc1ccc([N+](=O)[O-])cc1. The maximum Gasteiger partial charge on any atom is 0.411 e. The summed E-state index contributed by atoms with van der Waals surface area (Å²) in [6, 6.07) is 5.55. The van der Waals surface area contributed by atoms with Crippen LogP contribution in [0.2, 0.25) is 0 Å². The molecule has 1 rings (SSSR count). The molecule has 0 radical (unpaired) electrons. The third-order valence-corrected chi connectivity index (χ3v) is 2.24. The lowest BCUT2D eigenvalue weighted by Gasteiger charge is -2.05. The average Bonchev–Trinajstić information content (AvgIpc) is 2.39. The Hall–Kier alpha value is -2.37. The fourth-order valence-corrected chi connectivity index (χ4v) is 1.32. The van der Waals surface area contributed by atoms with Crippen LogP contribution in [0.5, 0.6) is 0 Å². The standard InChI is InChI=1S/C13H16N2O4/c1-2-3-4-5-10-19-13(16)14-11-6-8-12(9-7-11)15(17)18/h3-4,6-9H,2,5,10H2,1H3,(H,14,16)/b4-3+. The average molecular weight is 264 g/mol. The maximum atomic E-state index is 11.4. The minimum atomic E-state index is -0.571. The summed E-state index contributed by atoms with van der Waals surface area (Å²) >= 11 is 0. The Bertz CT molecular complexity index is 454. The lowest BCUT2D eigenvalue weighted by atomic mass is 10.3. The number of carbonyl (C=O) groups is 1. The second-order valence-corrected chi connectivity index (χ2v) is 3.73. The normalized spacial score (nSPS) is 10.4. The van der Waals surface area contributed by atoms with Crippen LogP contribution in [-0.4, -0.2) is 17.6 Å². The van der Waals surface area contributed by atoms with Gasteiger partial charge in [-0.25, -0.2) is 4.79 Å². The van der Waals surface area contributed by atoms with Crippen molar-refractivity contribution in [2.75, 3.05) is 11.9 Å². The first-order valence-corrected chi connectivity index (χ1v) is 5.96. The van der Waals surface area contributed by atoms with Crippen LogP contribution in [0.4, 0.5) is 16.2 Å². The zero-order valence-corrected chi connectivity index (χ0v) is 10.7. The van der Waals surface area contributed by atoms with Crippen LogP contribution < -0.4 is 5.32 Å². The number of non-ortho nitro benzene ring substituents is 1. The highest BCUT2D eigenvalue weighted by atomic mass is 16.6. The molecule has 0 saturated carbocycles. The van der Waals surface area contributed by atoms with Gasteiger partial charge < -0.3 is 4.74 Å². The molecule has 0 aromatic heterocycles. The molecule has 1 aromatic rings. The molecule has 0 atom stereocenters. The molecule has 0 saturated heterocycles. The van der Waals surface area contributed by atoms with Gasteiger partial charge >= 0.3 is 6.09 Å². The monoisotopic (exact) mass is 264 g/mol. The number of ether oxygens (including phenoxy) is 1. The summed E-state index contributed by atoms with van der Waals surface area (Å²) in [6.07, 6.45) is 4.99. The summed E-state index contributed by atoms with van der Waals surface area (Å²) < 4.78 is 4.94. The summed E-state index contributed by atoms with van der Waals surface area (Å²) in [7, 11) is 0. The van der Waals surface area contributed by atoms with Crippen LogP contribution >= 0.6 is 0 Å². The molecule has 6 heteroatoms. The van der Waals surface area contributed by atoms with E-state index in [-0.39, 0.29) is 5.69 Å². The number of amides is 1. The highest BCUT2D eigenvalue weighted by Crippen LogP contribution is 2.15. The Labute approximate surface area is 111 Å². The summed E-state index contributed by atoms with van der Waals surface area (Å²) in [5.74, 6) is 0. The van der Waals surface area contributed by atoms with E-state index in [0.29, 0.717) is 18.7 Å². The number of nitro benzene ring substituents is 1. The van der Waals surface area contributed by atoms with Crippen LogP contribution in [0.25, 0.3) is 0 Å². The van der Waals surface area contributed by atoms with E-state index in [0.717, 1.165) is 6.42 Å². The van der Waals surface area contributed by atoms with Crippen molar-refractivity contribution in [3.05, 3.63) is 46.5 Å². The summed E-state index contributed by atoms with van der Waals surface area (Å²) in [5, 5.41) is 12.9. The highest BCUT2D eigenvalue weighted by molar-refractivity contribution is 5.84. The van der Waals surface area contributed by atoms with Crippen molar-refractivity contribution >= 4 is 17.5 Å². The van der Waals surface area contributed by atoms with E-state index in [1.54, 1.807) is 0 Å². The number of hydrogen-bond donors (Lipinski definition) is 1. The van der Waals surface area contributed by atoms with Gasteiger partial charge in [0.25, 0.3) is 5.69 Å². The van der Waals surface area contributed by atoms with Gasteiger partial charge in [0.05, 0.1) is 11.5 Å². The van der Waals surface area contributed by atoms with Gasteiger partial charge in [0.2, 0.25) is 0 Å². The molecule has 6 nitrogen and oxygen atoms in total. The molecule has 1 aromatic carbocycles. The first-order chi connectivity index (χ1) is 9.13. The molecule has 0 unspecified atom stereocenters. The smallest absolute Gasteiger partial charge is 0.411 e. The van der Waals surface area contributed by atoms with E-state index < -0.39 is 11.0 Å². The number of rotatable bonds is 6. The Kier molecular flexibility index (Phi) is 6.08. The molecule has 1 amide bonds. The topological polar surface area (TPSA) is 81.5 Å². The molecule has 0 aliphatic rings. The number of nitro groups is 1. The van der Waals surface area contributed by atoms with Gasteiger partial charge in [0, 0.05) is 17.8 Å². The highest BCUT2D eigenvalue weighted by Gasteiger charge is 2.06. The van der Waals surface area contributed by atoms with Crippen molar-refractivity contribution < 1.29 is 14.5 Å². The molecule has 0 bridgehead atoms. The molecule has 0 fully saturated rings. The minimum Gasteiger partial charge on any atom is -0.449 e. The van der Waals surface area contributed by atoms with Gasteiger partial charge in [0.15, 0.2) is 0 Å². The van der Waals surface area contributed by atoms with Gasteiger partial charge in [-0.2, -0.15) is 0 Å². The second kappa shape index (κ2) is 7.86. The van der Waals surface area contributed by atoms with E-state index >= 15 is 0 Å². The van der Waals surface area contributed by atoms with Crippen molar-refractivity contribution in [2.45, 2.75) is 19.8 Å². The lowest BCUT2D eigenvalue weighted by molar-refractivity contribution is -0.384.